The molecule has 1 unspecified atom stereocenters. The summed E-state index contributed by atoms with van der Waals surface area (Å²) in [5.74, 6) is 0. The molecule has 1 aromatic rings. The van der Waals surface area contributed by atoms with Gasteiger partial charge in [0, 0.05) is 0 Å². The summed E-state index contributed by atoms with van der Waals surface area (Å²) in [6.07, 6.45) is -1.88. The highest BCUT2D eigenvalue weighted by molar-refractivity contribution is 7.99. The van der Waals surface area contributed by atoms with Gasteiger partial charge in [-0.3, -0.25) is 0 Å². The van der Waals surface area contributed by atoms with E-state index in [0.717, 1.165) is 0 Å². The van der Waals surface area contributed by atoms with Gasteiger partial charge in [-0.05, 0) is 13.0 Å². The van der Waals surface area contributed by atoms with Crippen LogP contribution in [0.15, 0.2) is 22.1 Å². The Hall–Kier alpha value is -0.690. The van der Waals surface area contributed by atoms with Crippen molar-refractivity contribution in [3.05, 3.63) is 12.5 Å². The smallest absolute Gasteiger partial charge is 0.401 e. The Kier molecular flexibility index (Phi) is 3.82. The van der Waals surface area contributed by atoms with Crippen LogP contribution in [0.25, 0.3) is 0 Å². The summed E-state index contributed by atoms with van der Waals surface area (Å²) >= 11 is 0.544. The molecule has 0 amide bonds. The number of nitrogens with zero attached hydrogens (tertiary/aromatic N) is 1. The third-order valence-corrected chi connectivity index (χ3v) is 2.64. The summed E-state index contributed by atoms with van der Waals surface area (Å²) in [7, 11) is 0. The second-order valence-corrected chi connectivity index (χ2v) is 3.68. The monoisotopic (exact) mass is 226 g/mol. The van der Waals surface area contributed by atoms with Crippen molar-refractivity contribution in [1.82, 2.24) is 4.98 Å². The van der Waals surface area contributed by atoms with E-state index in [0.29, 0.717) is 11.8 Å². The average molecular weight is 226 g/mol. The molecule has 0 saturated heterocycles. The van der Waals surface area contributed by atoms with Crippen LogP contribution in [-0.4, -0.2) is 23.0 Å². The zero-order valence-electron chi connectivity index (χ0n) is 7.12. The molecule has 0 aliphatic heterocycles. The average Bonchev–Trinajstić information content (AvgIpc) is 2.54. The van der Waals surface area contributed by atoms with Crippen LogP contribution in [0.2, 0.25) is 0 Å². The lowest BCUT2D eigenvalue weighted by molar-refractivity contribution is -0.129. The minimum absolute atomic E-state index is 0.0146. The van der Waals surface area contributed by atoms with E-state index in [2.05, 4.69) is 4.98 Å². The number of aromatic nitrogens is 1. The molecule has 3 nitrogen and oxygen atoms in total. The minimum Gasteiger partial charge on any atom is -0.440 e. The van der Waals surface area contributed by atoms with Gasteiger partial charge < -0.3 is 10.2 Å². The zero-order valence-corrected chi connectivity index (χ0v) is 7.94. The van der Waals surface area contributed by atoms with Crippen LogP contribution in [0.5, 0.6) is 0 Å². The third kappa shape index (κ3) is 3.22. The van der Waals surface area contributed by atoms with Crippen molar-refractivity contribution in [3.8, 4) is 0 Å². The summed E-state index contributed by atoms with van der Waals surface area (Å²) in [6, 6.07) is 0. The SMILES string of the molecule is NCCC(Sc1ncco1)C(F)(F)F. The Balaban J connectivity index is 2.60. The highest BCUT2D eigenvalue weighted by atomic mass is 32.2. The normalized spacial score (nSPS) is 14.3. The Morgan fingerprint density at radius 1 is 1.57 bits per heavy atom. The van der Waals surface area contributed by atoms with Gasteiger partial charge >= 0.3 is 6.18 Å². The Morgan fingerprint density at radius 3 is 2.71 bits per heavy atom. The molecule has 0 aliphatic carbocycles. The van der Waals surface area contributed by atoms with Gasteiger partial charge in [0.1, 0.15) is 11.5 Å². The van der Waals surface area contributed by atoms with Crippen molar-refractivity contribution in [2.75, 3.05) is 6.54 Å². The van der Waals surface area contributed by atoms with Gasteiger partial charge in [-0.15, -0.1) is 0 Å². The van der Waals surface area contributed by atoms with Crippen LogP contribution in [0, 0.1) is 0 Å². The van der Waals surface area contributed by atoms with Crippen molar-refractivity contribution < 1.29 is 17.6 Å². The Morgan fingerprint density at radius 2 is 2.29 bits per heavy atom. The number of alkyl halides is 3. The van der Waals surface area contributed by atoms with Crippen LogP contribution in [0.4, 0.5) is 13.2 Å². The van der Waals surface area contributed by atoms with Gasteiger partial charge in [0.25, 0.3) is 5.22 Å². The molecular weight excluding hydrogens is 217 g/mol. The van der Waals surface area contributed by atoms with Crippen LogP contribution in [-0.2, 0) is 0 Å². The van der Waals surface area contributed by atoms with Gasteiger partial charge in [0.2, 0.25) is 0 Å². The number of nitrogens with two attached hydrogens (primary N) is 1. The molecule has 2 N–H and O–H groups in total. The number of rotatable bonds is 4. The molecule has 0 fully saturated rings. The first-order chi connectivity index (χ1) is 6.54. The first-order valence-corrected chi connectivity index (χ1v) is 4.75. The van der Waals surface area contributed by atoms with E-state index in [9.17, 15) is 13.2 Å². The number of thioether (sulfide) groups is 1. The van der Waals surface area contributed by atoms with Gasteiger partial charge in [-0.1, -0.05) is 11.8 Å². The van der Waals surface area contributed by atoms with Gasteiger partial charge in [-0.25, -0.2) is 4.98 Å². The van der Waals surface area contributed by atoms with E-state index >= 15 is 0 Å². The molecule has 0 saturated carbocycles. The van der Waals surface area contributed by atoms with Crippen LogP contribution in [0.1, 0.15) is 6.42 Å². The molecule has 0 spiro atoms. The quantitative estimate of drug-likeness (QED) is 0.798. The second-order valence-electron chi connectivity index (χ2n) is 2.52. The van der Waals surface area contributed by atoms with Gasteiger partial charge in [-0.2, -0.15) is 13.2 Å². The predicted molar refractivity (Wildman–Crippen MR) is 45.9 cm³/mol. The predicted octanol–water partition coefficient (Wildman–Crippen LogP) is 2.05. The zero-order chi connectivity index (χ0) is 10.6. The molecule has 1 aromatic heterocycles. The molecule has 1 atom stereocenters. The lowest BCUT2D eigenvalue weighted by Gasteiger charge is -2.16. The van der Waals surface area contributed by atoms with Crippen molar-refractivity contribution in [2.24, 2.45) is 5.73 Å². The molecule has 0 aromatic carbocycles. The van der Waals surface area contributed by atoms with E-state index in [-0.39, 0.29) is 18.2 Å². The van der Waals surface area contributed by atoms with E-state index in [4.69, 9.17) is 10.2 Å². The molecule has 1 rings (SSSR count). The van der Waals surface area contributed by atoms with Gasteiger partial charge in [0.05, 0.1) is 6.20 Å². The van der Waals surface area contributed by atoms with Crippen molar-refractivity contribution in [1.29, 1.82) is 0 Å². The topological polar surface area (TPSA) is 52.0 Å². The Labute approximate surface area is 82.9 Å². The summed E-state index contributed by atoms with van der Waals surface area (Å²) in [5, 5.41) is -1.54. The lowest BCUT2D eigenvalue weighted by Crippen LogP contribution is -2.28. The van der Waals surface area contributed by atoms with Gasteiger partial charge in [0.15, 0.2) is 0 Å². The van der Waals surface area contributed by atoms with E-state index < -0.39 is 11.4 Å². The minimum atomic E-state index is -4.28. The number of hydrogen-bond acceptors (Lipinski definition) is 4. The second kappa shape index (κ2) is 4.70. The maximum absolute atomic E-state index is 12.4. The lowest BCUT2D eigenvalue weighted by atomic mass is 10.3. The number of oxazole rings is 1. The van der Waals surface area contributed by atoms with Crippen LogP contribution in [0.3, 0.4) is 0 Å². The van der Waals surface area contributed by atoms with E-state index in [1.54, 1.807) is 0 Å². The number of halogens is 3. The van der Waals surface area contributed by atoms with E-state index in [1.807, 2.05) is 0 Å². The summed E-state index contributed by atoms with van der Waals surface area (Å²) in [4.78, 5) is 3.61. The van der Waals surface area contributed by atoms with Crippen molar-refractivity contribution in [2.45, 2.75) is 23.1 Å². The molecule has 0 aliphatic rings. The first-order valence-electron chi connectivity index (χ1n) is 3.87. The fourth-order valence-electron chi connectivity index (χ4n) is 0.831. The standard InChI is InChI=1S/C7H9F3N2OS/c8-7(9,10)5(1-2-11)14-6-12-3-4-13-6/h3-5H,1-2,11H2. The molecule has 7 heteroatoms. The fraction of sp³-hybridized carbons (Fsp3) is 0.571. The molecule has 80 valence electrons. The number of hydrogen-bond donors (Lipinski definition) is 1. The van der Waals surface area contributed by atoms with Crippen molar-refractivity contribution >= 4 is 11.8 Å². The highest BCUT2D eigenvalue weighted by Gasteiger charge is 2.40. The van der Waals surface area contributed by atoms with Crippen molar-refractivity contribution in [3.63, 3.8) is 0 Å². The molecule has 14 heavy (non-hydrogen) atoms. The third-order valence-electron chi connectivity index (χ3n) is 1.45. The van der Waals surface area contributed by atoms with Crippen LogP contribution < -0.4 is 5.73 Å². The molecular formula is C7H9F3N2OS. The Bertz CT molecular complexity index is 262. The molecule has 0 radical (unpaired) electrons. The molecule has 0 bridgehead atoms. The maximum Gasteiger partial charge on any atom is 0.401 e. The maximum atomic E-state index is 12.4. The first kappa shape index (κ1) is 11.4. The largest absolute Gasteiger partial charge is 0.440 e. The highest BCUT2D eigenvalue weighted by Crippen LogP contribution is 2.36. The molecule has 1 heterocycles. The fourth-order valence-corrected chi connectivity index (χ4v) is 1.69. The summed E-state index contributed by atoms with van der Waals surface area (Å²) < 4.78 is 41.8. The summed E-state index contributed by atoms with van der Waals surface area (Å²) in [5.41, 5.74) is 5.09. The summed E-state index contributed by atoms with van der Waals surface area (Å²) in [6.45, 7) is -0.0160. The van der Waals surface area contributed by atoms with E-state index in [1.165, 1.54) is 12.5 Å². The van der Waals surface area contributed by atoms with Crippen LogP contribution >= 0.6 is 11.8 Å².